The van der Waals surface area contributed by atoms with E-state index in [2.05, 4.69) is 25.9 Å². The third-order valence-corrected chi connectivity index (χ3v) is 4.31. The SMILES string of the molecule is CN(C(=O)C[C@H](CCCN=C(N)N)NCCCN)C1CN=C(NC(N)=O)NC1=O. The fourth-order valence-electron chi connectivity index (χ4n) is 2.75. The van der Waals surface area contributed by atoms with Gasteiger partial charge in [-0.2, -0.15) is 0 Å². The summed E-state index contributed by atoms with van der Waals surface area (Å²) in [6, 6.07) is -1.71. The fraction of sp³-hybridized carbons (Fsp3) is 0.688. The highest BCUT2D eigenvalue weighted by molar-refractivity contribution is 6.07. The number of aliphatic imine (C=N–C) groups is 2. The second-order valence-electron chi connectivity index (χ2n) is 6.63. The van der Waals surface area contributed by atoms with Gasteiger partial charge >= 0.3 is 6.03 Å². The van der Waals surface area contributed by atoms with Gasteiger partial charge in [0.1, 0.15) is 6.04 Å². The van der Waals surface area contributed by atoms with Crippen LogP contribution in [0.15, 0.2) is 9.98 Å². The first kappa shape index (κ1) is 24.1. The van der Waals surface area contributed by atoms with Crippen LogP contribution in [0, 0.1) is 0 Å². The lowest BCUT2D eigenvalue weighted by atomic mass is 10.1. The molecule has 11 N–H and O–H groups in total. The Balaban J connectivity index is 2.64. The third-order valence-electron chi connectivity index (χ3n) is 4.31. The molecular weight excluding hydrogens is 380 g/mol. The number of nitrogens with two attached hydrogens (primary N) is 4. The number of carbonyl (C=O) groups is 3. The van der Waals surface area contributed by atoms with Crippen molar-refractivity contribution in [2.75, 3.05) is 33.2 Å². The van der Waals surface area contributed by atoms with Gasteiger partial charge in [-0.1, -0.05) is 0 Å². The van der Waals surface area contributed by atoms with Crippen LogP contribution in [0.25, 0.3) is 0 Å². The number of rotatable bonds is 11. The zero-order valence-corrected chi connectivity index (χ0v) is 16.7. The predicted octanol–water partition coefficient (Wildman–Crippen LogP) is -3.28. The highest BCUT2D eigenvalue weighted by Crippen LogP contribution is 2.09. The maximum absolute atomic E-state index is 12.7. The average molecular weight is 412 g/mol. The van der Waals surface area contributed by atoms with E-state index >= 15 is 0 Å². The molecule has 4 amide bonds. The van der Waals surface area contributed by atoms with Crippen molar-refractivity contribution in [3.05, 3.63) is 0 Å². The molecule has 0 fully saturated rings. The van der Waals surface area contributed by atoms with E-state index in [1.807, 2.05) is 0 Å². The Morgan fingerprint density at radius 2 is 2.07 bits per heavy atom. The molecule has 1 heterocycles. The van der Waals surface area contributed by atoms with Gasteiger partial charge in [0, 0.05) is 26.1 Å². The van der Waals surface area contributed by atoms with Crippen LogP contribution in [0.4, 0.5) is 4.79 Å². The number of hydrogen-bond acceptors (Lipinski definition) is 7. The van der Waals surface area contributed by atoms with E-state index in [0.717, 1.165) is 6.42 Å². The lowest BCUT2D eigenvalue weighted by molar-refractivity contribution is -0.138. The molecule has 13 nitrogen and oxygen atoms in total. The van der Waals surface area contributed by atoms with E-state index in [4.69, 9.17) is 22.9 Å². The molecule has 0 radical (unpaired) electrons. The van der Waals surface area contributed by atoms with Crippen molar-refractivity contribution in [2.45, 2.75) is 37.8 Å². The van der Waals surface area contributed by atoms with E-state index in [0.29, 0.717) is 32.5 Å². The molecule has 29 heavy (non-hydrogen) atoms. The first-order valence-corrected chi connectivity index (χ1v) is 9.40. The van der Waals surface area contributed by atoms with E-state index in [1.165, 1.54) is 4.90 Å². The summed E-state index contributed by atoms with van der Waals surface area (Å²) in [6.07, 6.45) is 2.36. The molecule has 0 aliphatic carbocycles. The van der Waals surface area contributed by atoms with E-state index in [-0.39, 0.29) is 36.8 Å². The summed E-state index contributed by atoms with van der Waals surface area (Å²) in [6.45, 7) is 1.72. The van der Waals surface area contributed by atoms with Gasteiger partial charge in [0.05, 0.1) is 6.54 Å². The van der Waals surface area contributed by atoms with Crippen LogP contribution in [-0.4, -0.2) is 80.0 Å². The first-order valence-electron chi connectivity index (χ1n) is 9.40. The summed E-state index contributed by atoms with van der Waals surface area (Å²) in [7, 11) is 1.55. The van der Waals surface area contributed by atoms with Crippen molar-refractivity contribution < 1.29 is 14.4 Å². The Labute approximate surface area is 169 Å². The molecule has 0 aromatic heterocycles. The molecule has 0 aromatic carbocycles. The molecule has 0 spiro atoms. The van der Waals surface area contributed by atoms with Crippen LogP contribution >= 0.6 is 0 Å². The molecule has 0 saturated heterocycles. The second-order valence-corrected chi connectivity index (χ2v) is 6.63. The Bertz CT molecular complexity index is 632. The van der Waals surface area contributed by atoms with Crippen LogP contribution in [0.3, 0.4) is 0 Å². The monoisotopic (exact) mass is 412 g/mol. The summed E-state index contributed by atoms with van der Waals surface area (Å²) >= 11 is 0. The maximum atomic E-state index is 12.7. The number of hydrogen-bond donors (Lipinski definition) is 7. The molecular formula is C16H32N10O3. The normalized spacial score (nSPS) is 17.0. The molecule has 1 aliphatic heterocycles. The first-order chi connectivity index (χ1) is 13.7. The number of carbonyl (C=O) groups excluding carboxylic acids is 3. The van der Waals surface area contributed by atoms with Gasteiger partial charge in [-0.15, -0.1) is 0 Å². The number of amides is 4. The number of likely N-dealkylation sites (N-methyl/N-ethyl adjacent to an activating group) is 1. The van der Waals surface area contributed by atoms with Crippen LogP contribution in [0.1, 0.15) is 25.7 Å². The fourth-order valence-corrected chi connectivity index (χ4v) is 2.75. The summed E-state index contributed by atoms with van der Waals surface area (Å²) in [5.41, 5.74) is 21.2. The summed E-state index contributed by atoms with van der Waals surface area (Å²) in [5, 5.41) is 7.93. The van der Waals surface area contributed by atoms with Crippen LogP contribution in [-0.2, 0) is 9.59 Å². The average Bonchev–Trinajstić information content (AvgIpc) is 2.64. The molecule has 0 bridgehead atoms. The molecule has 1 aliphatic rings. The minimum Gasteiger partial charge on any atom is -0.370 e. The number of nitrogens with one attached hydrogen (secondary N) is 3. The van der Waals surface area contributed by atoms with Crippen molar-refractivity contribution in [3.63, 3.8) is 0 Å². The molecule has 1 rings (SSSR count). The van der Waals surface area contributed by atoms with Gasteiger partial charge in [-0.3, -0.25) is 25.2 Å². The van der Waals surface area contributed by atoms with Crippen molar-refractivity contribution in [1.29, 1.82) is 0 Å². The molecule has 1 unspecified atom stereocenters. The number of guanidine groups is 2. The van der Waals surface area contributed by atoms with Crippen molar-refractivity contribution in [2.24, 2.45) is 32.9 Å². The molecule has 0 saturated carbocycles. The minimum atomic E-state index is -0.834. The lowest BCUT2D eigenvalue weighted by Crippen LogP contribution is -2.58. The van der Waals surface area contributed by atoms with Crippen LogP contribution < -0.4 is 38.9 Å². The van der Waals surface area contributed by atoms with Gasteiger partial charge in [0.25, 0.3) is 5.91 Å². The smallest absolute Gasteiger partial charge is 0.318 e. The Morgan fingerprint density at radius 3 is 2.66 bits per heavy atom. The standard InChI is InChI=1S/C16H32N10O3/c1-26(11-9-23-16(24-13(11)28)25-15(20)29)12(27)8-10(21-7-3-5-17)4-2-6-22-14(18)19/h10-11,21H,2-9,17H2,1H3,(H4,18,19,22)(H4,20,23,24,25,28,29)/t10-,11?/m0/s1. The van der Waals surface area contributed by atoms with Gasteiger partial charge in [-0.25, -0.2) is 9.79 Å². The van der Waals surface area contributed by atoms with E-state index in [9.17, 15) is 14.4 Å². The highest BCUT2D eigenvalue weighted by atomic mass is 16.2. The summed E-state index contributed by atoms with van der Waals surface area (Å²) < 4.78 is 0. The van der Waals surface area contributed by atoms with Crippen molar-refractivity contribution >= 4 is 29.8 Å². The van der Waals surface area contributed by atoms with Gasteiger partial charge < -0.3 is 33.2 Å². The number of primary amides is 1. The zero-order chi connectivity index (χ0) is 21.8. The Kier molecular flexibility index (Phi) is 10.4. The Morgan fingerprint density at radius 1 is 1.34 bits per heavy atom. The summed E-state index contributed by atoms with van der Waals surface area (Å²) in [4.78, 5) is 45.1. The molecule has 13 heteroatoms. The topological polar surface area (TPSA) is 219 Å². The van der Waals surface area contributed by atoms with Crippen molar-refractivity contribution in [3.8, 4) is 0 Å². The highest BCUT2D eigenvalue weighted by Gasteiger charge is 2.31. The van der Waals surface area contributed by atoms with Gasteiger partial charge in [0.2, 0.25) is 11.9 Å². The Hall–Kier alpha value is -2.93. The molecule has 0 aromatic rings. The molecule has 2 atom stereocenters. The van der Waals surface area contributed by atoms with Crippen LogP contribution in [0.5, 0.6) is 0 Å². The largest absolute Gasteiger partial charge is 0.370 e. The number of urea groups is 1. The van der Waals surface area contributed by atoms with Crippen LogP contribution in [0.2, 0.25) is 0 Å². The van der Waals surface area contributed by atoms with Gasteiger partial charge in [-0.05, 0) is 32.4 Å². The third kappa shape index (κ3) is 9.21. The maximum Gasteiger partial charge on any atom is 0.318 e. The van der Waals surface area contributed by atoms with E-state index in [1.54, 1.807) is 7.05 Å². The minimum absolute atomic E-state index is 0.0272. The lowest BCUT2D eigenvalue weighted by Gasteiger charge is -2.30. The zero-order valence-electron chi connectivity index (χ0n) is 16.7. The quantitative estimate of drug-likeness (QED) is 0.104. The second kappa shape index (κ2) is 12.5. The number of nitrogens with zero attached hydrogens (tertiary/aromatic N) is 3. The predicted molar refractivity (Wildman–Crippen MR) is 110 cm³/mol. The van der Waals surface area contributed by atoms with Gasteiger partial charge in [0.15, 0.2) is 5.96 Å². The molecule has 164 valence electrons. The van der Waals surface area contributed by atoms with E-state index < -0.39 is 18.0 Å². The van der Waals surface area contributed by atoms with Crippen molar-refractivity contribution in [1.82, 2.24) is 20.9 Å². The summed E-state index contributed by atoms with van der Waals surface area (Å²) in [5.74, 6) is -0.651.